The van der Waals surface area contributed by atoms with Gasteiger partial charge in [-0.15, -0.1) is 0 Å². The van der Waals surface area contributed by atoms with Crippen molar-refractivity contribution in [1.82, 2.24) is 4.90 Å². The van der Waals surface area contributed by atoms with Crippen molar-refractivity contribution < 1.29 is 4.92 Å². The van der Waals surface area contributed by atoms with Crippen molar-refractivity contribution in [3.8, 4) is 0 Å². The number of hydrogen-bond acceptors (Lipinski definition) is 6. The molecule has 0 aliphatic rings. The molecule has 20 heavy (non-hydrogen) atoms. The molecule has 0 atom stereocenters. The van der Waals surface area contributed by atoms with E-state index in [0.717, 1.165) is 32.6 Å². The van der Waals surface area contributed by atoms with Crippen molar-refractivity contribution in [1.29, 1.82) is 0 Å². The first-order chi connectivity index (χ1) is 9.60. The van der Waals surface area contributed by atoms with Crippen LogP contribution in [0.5, 0.6) is 0 Å². The maximum absolute atomic E-state index is 10.8. The van der Waals surface area contributed by atoms with E-state index >= 15 is 0 Å². The summed E-state index contributed by atoms with van der Waals surface area (Å²) in [4.78, 5) is 12.7. The molecule has 1 rings (SSSR count). The van der Waals surface area contributed by atoms with Crippen LogP contribution in [0.2, 0.25) is 0 Å². The number of hydrogen-bond donors (Lipinski definition) is 3. The fourth-order valence-electron chi connectivity index (χ4n) is 1.98. The van der Waals surface area contributed by atoms with Crippen LogP contribution in [0, 0.1) is 10.1 Å². The molecule has 0 fully saturated rings. The van der Waals surface area contributed by atoms with Gasteiger partial charge in [0.15, 0.2) is 0 Å². The molecule has 4 N–H and O–H groups in total. The highest BCUT2D eigenvalue weighted by molar-refractivity contribution is 5.63. The van der Waals surface area contributed by atoms with Crippen LogP contribution in [-0.4, -0.2) is 36.0 Å². The average Bonchev–Trinajstić information content (AvgIpc) is 2.47. The first-order valence-corrected chi connectivity index (χ1v) is 6.83. The van der Waals surface area contributed by atoms with Crippen molar-refractivity contribution in [2.45, 2.75) is 20.3 Å². The van der Waals surface area contributed by atoms with Gasteiger partial charge < -0.3 is 15.6 Å². The van der Waals surface area contributed by atoms with E-state index in [1.165, 1.54) is 12.1 Å². The van der Waals surface area contributed by atoms with E-state index in [1.54, 1.807) is 6.07 Å². The SMILES string of the molecule is CCN(CC)CCCNc1cc(NN)cc([N+](=O)[O-])c1. The lowest BCUT2D eigenvalue weighted by Crippen LogP contribution is -2.25. The van der Waals surface area contributed by atoms with Gasteiger partial charge in [-0.05, 0) is 32.1 Å². The molecule has 0 aromatic heterocycles. The number of nitro benzene ring substituents is 1. The third kappa shape index (κ3) is 5.02. The van der Waals surface area contributed by atoms with E-state index in [0.29, 0.717) is 11.4 Å². The average molecular weight is 281 g/mol. The Morgan fingerprint density at radius 2 is 1.90 bits per heavy atom. The van der Waals surface area contributed by atoms with Gasteiger partial charge in [-0.25, -0.2) is 0 Å². The highest BCUT2D eigenvalue weighted by Crippen LogP contribution is 2.23. The Morgan fingerprint density at radius 3 is 2.45 bits per heavy atom. The summed E-state index contributed by atoms with van der Waals surface area (Å²) in [5.41, 5.74) is 3.68. The number of rotatable bonds is 9. The molecule has 0 saturated carbocycles. The van der Waals surface area contributed by atoms with Crippen molar-refractivity contribution in [2.24, 2.45) is 5.84 Å². The summed E-state index contributed by atoms with van der Waals surface area (Å²) in [5.74, 6) is 5.31. The van der Waals surface area contributed by atoms with Crippen molar-refractivity contribution in [3.63, 3.8) is 0 Å². The summed E-state index contributed by atoms with van der Waals surface area (Å²) in [6.07, 6.45) is 0.982. The number of benzene rings is 1. The van der Waals surface area contributed by atoms with E-state index < -0.39 is 4.92 Å². The number of nitro groups is 1. The molecule has 7 nitrogen and oxygen atoms in total. The molecule has 0 aliphatic heterocycles. The molecule has 0 aliphatic carbocycles. The molecule has 0 saturated heterocycles. The van der Waals surface area contributed by atoms with Crippen LogP contribution >= 0.6 is 0 Å². The van der Waals surface area contributed by atoms with Gasteiger partial charge in [0.2, 0.25) is 0 Å². The molecular weight excluding hydrogens is 258 g/mol. The van der Waals surface area contributed by atoms with Gasteiger partial charge >= 0.3 is 0 Å². The highest BCUT2D eigenvalue weighted by atomic mass is 16.6. The summed E-state index contributed by atoms with van der Waals surface area (Å²) in [6, 6.07) is 4.67. The Labute approximate surface area is 119 Å². The molecule has 0 amide bonds. The molecule has 7 heteroatoms. The number of nitrogens with two attached hydrogens (primary N) is 1. The lowest BCUT2D eigenvalue weighted by Gasteiger charge is -2.18. The first kappa shape index (κ1) is 16.2. The second-order valence-electron chi connectivity index (χ2n) is 4.48. The summed E-state index contributed by atoms with van der Waals surface area (Å²) >= 11 is 0. The Hall–Kier alpha value is -1.86. The highest BCUT2D eigenvalue weighted by Gasteiger charge is 2.09. The van der Waals surface area contributed by atoms with Gasteiger partial charge in [0.1, 0.15) is 0 Å². The van der Waals surface area contributed by atoms with E-state index in [2.05, 4.69) is 29.5 Å². The maximum atomic E-state index is 10.8. The number of nitrogens with one attached hydrogen (secondary N) is 2. The molecule has 1 aromatic carbocycles. The largest absolute Gasteiger partial charge is 0.385 e. The van der Waals surface area contributed by atoms with Gasteiger partial charge in [-0.1, -0.05) is 13.8 Å². The van der Waals surface area contributed by atoms with Crippen LogP contribution in [0.15, 0.2) is 18.2 Å². The third-order valence-electron chi connectivity index (χ3n) is 3.17. The van der Waals surface area contributed by atoms with Crippen LogP contribution < -0.4 is 16.6 Å². The Morgan fingerprint density at radius 1 is 1.25 bits per heavy atom. The minimum Gasteiger partial charge on any atom is -0.385 e. The zero-order valence-electron chi connectivity index (χ0n) is 12.1. The van der Waals surface area contributed by atoms with Crippen LogP contribution in [0.25, 0.3) is 0 Å². The quantitative estimate of drug-likeness (QED) is 0.277. The molecular formula is C13H23N5O2. The predicted octanol–water partition coefficient (Wildman–Crippen LogP) is 2.02. The summed E-state index contributed by atoms with van der Waals surface area (Å²) in [6.45, 7) is 8.12. The Kier molecular flexibility index (Phi) is 6.75. The number of non-ortho nitro benzene ring substituents is 1. The van der Waals surface area contributed by atoms with Gasteiger partial charge in [0, 0.05) is 24.4 Å². The number of nitrogen functional groups attached to an aromatic ring is 1. The van der Waals surface area contributed by atoms with E-state index in [1.807, 2.05) is 0 Å². The van der Waals surface area contributed by atoms with Gasteiger partial charge in [-0.2, -0.15) is 0 Å². The number of hydrazine groups is 1. The normalized spacial score (nSPS) is 10.6. The Balaban J connectivity index is 2.55. The van der Waals surface area contributed by atoms with E-state index in [4.69, 9.17) is 5.84 Å². The van der Waals surface area contributed by atoms with E-state index in [-0.39, 0.29) is 5.69 Å². The Bertz CT molecular complexity index is 435. The van der Waals surface area contributed by atoms with Crippen LogP contribution in [-0.2, 0) is 0 Å². The van der Waals surface area contributed by atoms with Gasteiger partial charge in [0.05, 0.1) is 10.6 Å². The smallest absolute Gasteiger partial charge is 0.273 e. The second kappa shape index (κ2) is 8.34. The van der Waals surface area contributed by atoms with Crippen molar-refractivity contribution >= 4 is 17.1 Å². The molecule has 0 unspecified atom stereocenters. The minimum atomic E-state index is -0.429. The van der Waals surface area contributed by atoms with Crippen molar-refractivity contribution in [3.05, 3.63) is 28.3 Å². The van der Waals surface area contributed by atoms with E-state index in [9.17, 15) is 10.1 Å². The maximum Gasteiger partial charge on any atom is 0.273 e. The molecule has 0 spiro atoms. The minimum absolute atomic E-state index is 0.0201. The van der Waals surface area contributed by atoms with Gasteiger partial charge in [-0.3, -0.25) is 16.0 Å². The standard InChI is InChI=1S/C13H23N5O2/c1-3-17(4-2)7-5-6-15-11-8-12(16-14)10-13(9-11)18(19)20/h8-10,15-16H,3-7,14H2,1-2H3. The summed E-state index contributed by atoms with van der Waals surface area (Å²) in [7, 11) is 0. The predicted molar refractivity (Wildman–Crippen MR) is 81.8 cm³/mol. The lowest BCUT2D eigenvalue weighted by molar-refractivity contribution is -0.384. The summed E-state index contributed by atoms with van der Waals surface area (Å²) in [5, 5.41) is 14.0. The molecule has 1 aromatic rings. The topological polar surface area (TPSA) is 96.5 Å². The van der Waals surface area contributed by atoms with Gasteiger partial charge in [0.25, 0.3) is 5.69 Å². The van der Waals surface area contributed by atoms with Crippen molar-refractivity contribution in [2.75, 3.05) is 36.9 Å². The molecule has 0 radical (unpaired) electrons. The fourth-order valence-corrected chi connectivity index (χ4v) is 1.98. The third-order valence-corrected chi connectivity index (χ3v) is 3.17. The first-order valence-electron chi connectivity index (χ1n) is 6.83. The molecule has 112 valence electrons. The lowest BCUT2D eigenvalue weighted by atomic mass is 10.2. The fraction of sp³-hybridized carbons (Fsp3) is 0.538. The number of nitrogens with zero attached hydrogens (tertiary/aromatic N) is 2. The monoisotopic (exact) mass is 281 g/mol. The zero-order valence-corrected chi connectivity index (χ0v) is 12.1. The second-order valence-corrected chi connectivity index (χ2v) is 4.48. The molecule has 0 heterocycles. The van der Waals surface area contributed by atoms with Crippen LogP contribution in [0.4, 0.5) is 17.1 Å². The molecule has 0 bridgehead atoms. The summed E-state index contributed by atoms with van der Waals surface area (Å²) < 4.78 is 0. The zero-order chi connectivity index (χ0) is 15.0. The number of anilines is 2. The van der Waals surface area contributed by atoms with Crippen LogP contribution in [0.3, 0.4) is 0 Å². The van der Waals surface area contributed by atoms with Crippen LogP contribution in [0.1, 0.15) is 20.3 Å².